The lowest BCUT2D eigenvalue weighted by Gasteiger charge is -2.27. The number of likely N-dealkylation sites (N-methyl/N-ethyl adjacent to an activating group) is 1. The number of thiophene rings is 1. The molecule has 2 heterocycles. The second-order valence-corrected chi connectivity index (χ2v) is 9.48. The Morgan fingerprint density at radius 3 is 2.17 bits per heavy atom. The quantitative estimate of drug-likeness (QED) is 0.326. The van der Waals surface area contributed by atoms with Gasteiger partial charge in [0.05, 0.1) is 30.9 Å². The molecule has 35 heavy (non-hydrogen) atoms. The Bertz CT molecular complexity index is 1140. The highest BCUT2D eigenvalue weighted by Gasteiger charge is 2.40. The van der Waals surface area contributed by atoms with E-state index >= 15 is 0 Å². The summed E-state index contributed by atoms with van der Waals surface area (Å²) >= 11 is 1.61. The zero-order valence-electron chi connectivity index (χ0n) is 18.7. The summed E-state index contributed by atoms with van der Waals surface area (Å²) in [6.07, 6.45) is -9.20. The molecule has 1 atom stereocenters. The first kappa shape index (κ1) is 25.2. The van der Waals surface area contributed by atoms with Crippen LogP contribution in [0.5, 0.6) is 0 Å². The molecular weight excluding hydrogens is 490 g/mol. The molecule has 0 saturated carbocycles. The Morgan fingerprint density at radius 1 is 0.943 bits per heavy atom. The van der Waals surface area contributed by atoms with E-state index in [0.717, 1.165) is 16.3 Å². The maximum absolute atomic E-state index is 13.2. The van der Waals surface area contributed by atoms with Gasteiger partial charge in [0.25, 0.3) is 0 Å². The number of hydrogen-bond acceptors (Lipinski definition) is 4. The lowest BCUT2D eigenvalue weighted by Crippen LogP contribution is -2.36. The minimum atomic E-state index is -4.91. The number of halogens is 6. The first-order valence-corrected chi connectivity index (χ1v) is 11.6. The molecule has 1 aliphatic heterocycles. The van der Waals surface area contributed by atoms with Gasteiger partial charge < -0.3 is 9.64 Å². The summed E-state index contributed by atoms with van der Waals surface area (Å²) in [6.45, 7) is 0.0437. The van der Waals surface area contributed by atoms with Crippen LogP contribution in [0.25, 0.3) is 0 Å². The Hall–Kier alpha value is -2.85. The summed E-state index contributed by atoms with van der Waals surface area (Å²) in [5.41, 5.74) is -2.91. The molecule has 0 bridgehead atoms. The fraction of sp³-hybridized carbons (Fsp3) is 0.320. The Morgan fingerprint density at radius 2 is 1.60 bits per heavy atom. The van der Waals surface area contributed by atoms with Crippen molar-refractivity contribution in [3.63, 3.8) is 0 Å². The van der Waals surface area contributed by atoms with Gasteiger partial charge in [-0.05, 0) is 40.8 Å². The molecule has 1 unspecified atom stereocenters. The lowest BCUT2D eigenvalue weighted by molar-refractivity contribution is -0.143. The minimum Gasteiger partial charge on any atom is -0.374 e. The molecule has 3 nitrogen and oxygen atoms in total. The molecule has 1 aromatic heterocycles. The van der Waals surface area contributed by atoms with Crippen molar-refractivity contribution in [1.82, 2.24) is 4.90 Å². The van der Waals surface area contributed by atoms with E-state index in [2.05, 4.69) is 0 Å². The van der Waals surface area contributed by atoms with E-state index in [1.54, 1.807) is 11.3 Å². The molecule has 0 fully saturated rings. The molecule has 0 aliphatic carbocycles. The van der Waals surface area contributed by atoms with Gasteiger partial charge in [-0.3, -0.25) is 4.99 Å². The van der Waals surface area contributed by atoms with Crippen molar-refractivity contribution in [2.75, 3.05) is 20.2 Å². The maximum atomic E-state index is 13.2. The van der Waals surface area contributed by atoms with E-state index in [1.807, 2.05) is 59.8 Å². The summed E-state index contributed by atoms with van der Waals surface area (Å²) in [5.74, 6) is 0.832. The molecule has 0 saturated heterocycles. The third-order valence-electron chi connectivity index (χ3n) is 5.76. The Kier molecular flexibility index (Phi) is 6.97. The van der Waals surface area contributed by atoms with E-state index < -0.39 is 35.6 Å². The van der Waals surface area contributed by atoms with Gasteiger partial charge in [0.15, 0.2) is 0 Å². The Labute approximate surface area is 202 Å². The predicted octanol–water partition coefficient (Wildman–Crippen LogP) is 6.78. The molecule has 1 aliphatic rings. The van der Waals surface area contributed by atoms with E-state index in [1.165, 1.54) is 0 Å². The standard InChI is InChI=1S/C25H22F6N2OS/c1-33-15-23(18-6-3-2-4-7-18,32-22(33)13-21-8-5-9-35-21)16-34-14-17-10-19(24(26,27)28)12-20(11-17)25(29,30)31/h2-12H,13-16H2,1H3. The number of ether oxygens (including phenoxy) is 1. The molecule has 0 N–H and O–H groups in total. The number of rotatable bonds is 7. The van der Waals surface area contributed by atoms with Gasteiger partial charge in [0.1, 0.15) is 11.4 Å². The minimum absolute atomic E-state index is 0.00705. The molecule has 0 radical (unpaired) electrons. The van der Waals surface area contributed by atoms with Gasteiger partial charge in [-0.2, -0.15) is 26.3 Å². The maximum Gasteiger partial charge on any atom is 0.416 e. The van der Waals surface area contributed by atoms with Crippen LogP contribution in [0.3, 0.4) is 0 Å². The van der Waals surface area contributed by atoms with Crippen LogP contribution in [0.2, 0.25) is 0 Å². The van der Waals surface area contributed by atoms with Crippen molar-refractivity contribution >= 4 is 17.2 Å². The topological polar surface area (TPSA) is 24.8 Å². The van der Waals surface area contributed by atoms with Gasteiger partial charge in [-0.15, -0.1) is 11.3 Å². The van der Waals surface area contributed by atoms with Crippen LogP contribution >= 0.6 is 11.3 Å². The number of alkyl halides is 6. The summed E-state index contributed by atoms with van der Waals surface area (Å²) < 4.78 is 84.9. The van der Waals surface area contributed by atoms with Gasteiger partial charge in [-0.1, -0.05) is 36.4 Å². The molecule has 0 spiro atoms. The van der Waals surface area contributed by atoms with Crippen molar-refractivity contribution in [2.45, 2.75) is 30.9 Å². The molecule has 2 aromatic carbocycles. The first-order valence-electron chi connectivity index (χ1n) is 10.7. The smallest absolute Gasteiger partial charge is 0.374 e. The second-order valence-electron chi connectivity index (χ2n) is 8.44. The van der Waals surface area contributed by atoms with Crippen LogP contribution in [-0.4, -0.2) is 30.9 Å². The van der Waals surface area contributed by atoms with Crippen molar-refractivity contribution < 1.29 is 31.1 Å². The van der Waals surface area contributed by atoms with Crippen molar-refractivity contribution in [1.29, 1.82) is 0 Å². The van der Waals surface area contributed by atoms with Gasteiger partial charge in [0.2, 0.25) is 0 Å². The van der Waals surface area contributed by atoms with Crippen LogP contribution in [-0.2, 0) is 35.7 Å². The van der Waals surface area contributed by atoms with Gasteiger partial charge in [-0.25, -0.2) is 0 Å². The normalized spacial score (nSPS) is 18.7. The van der Waals surface area contributed by atoms with E-state index in [0.29, 0.717) is 25.1 Å². The van der Waals surface area contributed by atoms with E-state index in [4.69, 9.17) is 9.73 Å². The third-order valence-corrected chi connectivity index (χ3v) is 6.64. The summed E-state index contributed by atoms with van der Waals surface area (Å²) in [6, 6.07) is 14.8. The highest BCUT2D eigenvalue weighted by atomic mass is 32.1. The molecule has 186 valence electrons. The summed E-state index contributed by atoms with van der Waals surface area (Å²) in [7, 11) is 1.90. The molecule has 4 rings (SSSR count). The number of nitrogens with zero attached hydrogens (tertiary/aromatic N) is 2. The predicted molar refractivity (Wildman–Crippen MR) is 122 cm³/mol. The molecule has 0 amide bonds. The van der Waals surface area contributed by atoms with Crippen LogP contribution < -0.4 is 0 Å². The van der Waals surface area contributed by atoms with Crippen molar-refractivity contribution in [2.24, 2.45) is 4.99 Å². The van der Waals surface area contributed by atoms with E-state index in [9.17, 15) is 26.3 Å². The third kappa shape index (κ3) is 5.87. The molecule has 3 aromatic rings. The Balaban J connectivity index is 1.59. The molecule has 10 heteroatoms. The average Bonchev–Trinajstić information content (AvgIpc) is 3.42. The second kappa shape index (κ2) is 9.66. The van der Waals surface area contributed by atoms with Crippen LogP contribution in [0, 0.1) is 0 Å². The monoisotopic (exact) mass is 512 g/mol. The van der Waals surface area contributed by atoms with E-state index in [-0.39, 0.29) is 18.2 Å². The fourth-order valence-corrected chi connectivity index (χ4v) is 4.80. The molecular formula is C25H22F6N2OS. The van der Waals surface area contributed by atoms with Crippen molar-refractivity contribution in [3.8, 4) is 0 Å². The van der Waals surface area contributed by atoms with Crippen LogP contribution in [0.15, 0.2) is 71.0 Å². The lowest BCUT2D eigenvalue weighted by atomic mass is 9.92. The van der Waals surface area contributed by atoms with Crippen LogP contribution in [0.4, 0.5) is 26.3 Å². The fourth-order valence-electron chi connectivity index (χ4n) is 4.10. The van der Waals surface area contributed by atoms with Crippen LogP contribution in [0.1, 0.15) is 27.1 Å². The largest absolute Gasteiger partial charge is 0.416 e. The summed E-state index contributed by atoms with van der Waals surface area (Å²) in [4.78, 5) is 8.09. The number of aliphatic imine (C=N–C) groups is 1. The van der Waals surface area contributed by atoms with Gasteiger partial charge >= 0.3 is 12.4 Å². The number of hydrogen-bond donors (Lipinski definition) is 0. The van der Waals surface area contributed by atoms with Gasteiger partial charge in [0, 0.05) is 18.3 Å². The highest BCUT2D eigenvalue weighted by Crippen LogP contribution is 2.37. The van der Waals surface area contributed by atoms with Crippen molar-refractivity contribution in [3.05, 3.63) is 93.2 Å². The SMILES string of the molecule is CN1CC(COCc2cc(C(F)(F)F)cc(C(F)(F)F)c2)(c2ccccc2)N=C1Cc1cccs1. The zero-order valence-corrected chi connectivity index (χ0v) is 19.5. The summed E-state index contributed by atoms with van der Waals surface area (Å²) in [5, 5.41) is 1.97. The first-order chi connectivity index (χ1) is 16.5. The average molecular weight is 513 g/mol. The number of benzene rings is 2. The zero-order chi connectivity index (χ0) is 25.3. The number of amidine groups is 1. The highest BCUT2D eigenvalue weighted by molar-refractivity contribution is 7.10.